The van der Waals surface area contributed by atoms with Gasteiger partial charge < -0.3 is 20.1 Å². The number of hydrogen-bond donors (Lipinski definition) is 3. The van der Waals surface area contributed by atoms with Crippen LogP contribution in [0.1, 0.15) is 63.5 Å². The first kappa shape index (κ1) is 18.3. The summed E-state index contributed by atoms with van der Waals surface area (Å²) in [6.07, 6.45) is 6.19. The predicted molar refractivity (Wildman–Crippen MR) is 98.1 cm³/mol. The fourth-order valence-corrected chi connectivity index (χ4v) is 4.32. The number of unbranched alkanes of at least 4 members (excludes halogenated alkanes) is 2. The van der Waals surface area contributed by atoms with Crippen LogP contribution in [0.2, 0.25) is 0 Å². The van der Waals surface area contributed by atoms with Gasteiger partial charge in [0.25, 0.3) is 0 Å². The highest BCUT2D eigenvalue weighted by Crippen LogP contribution is 2.53. The van der Waals surface area contributed by atoms with Crippen LogP contribution in [0.15, 0.2) is 23.8 Å². The van der Waals surface area contributed by atoms with Crippen molar-refractivity contribution in [3.8, 4) is 11.5 Å². The third-order valence-corrected chi connectivity index (χ3v) is 5.76. The molecule has 0 aromatic heterocycles. The van der Waals surface area contributed by atoms with Gasteiger partial charge in [-0.3, -0.25) is 0 Å². The van der Waals surface area contributed by atoms with Gasteiger partial charge in [0.05, 0.1) is 12.7 Å². The summed E-state index contributed by atoms with van der Waals surface area (Å²) in [5.74, 6) is 1.01. The second-order valence-electron chi connectivity index (χ2n) is 7.97. The van der Waals surface area contributed by atoms with Gasteiger partial charge in [-0.05, 0) is 56.4 Å². The molecule has 4 heteroatoms. The zero-order chi connectivity index (χ0) is 18.2. The van der Waals surface area contributed by atoms with Crippen LogP contribution in [-0.4, -0.2) is 33.6 Å². The molecule has 0 spiro atoms. The molecule has 3 atom stereocenters. The van der Waals surface area contributed by atoms with Crippen LogP contribution in [0.25, 0.3) is 0 Å². The molecule has 25 heavy (non-hydrogen) atoms. The fourth-order valence-electron chi connectivity index (χ4n) is 4.32. The van der Waals surface area contributed by atoms with Gasteiger partial charge in [-0.2, -0.15) is 0 Å². The standard InChI is InChI=1S/C21H30O4/c1-4-5-6-7-13-8-18(24)20-15-10-14(12-22)17(23)11-16(15)21(2,3)25-19(20)9-13/h8-10,15-17,22-24H,4-7,11-12H2,1-3H3/t15-,16-,17-/m1/s1. The van der Waals surface area contributed by atoms with Crippen molar-refractivity contribution in [2.75, 3.05) is 6.61 Å². The van der Waals surface area contributed by atoms with Gasteiger partial charge in [0, 0.05) is 17.4 Å². The van der Waals surface area contributed by atoms with Crippen molar-refractivity contribution in [2.24, 2.45) is 5.92 Å². The molecule has 3 N–H and O–H groups in total. The predicted octanol–water partition coefficient (Wildman–Crippen LogP) is 3.68. The lowest BCUT2D eigenvalue weighted by Crippen LogP contribution is -2.47. The van der Waals surface area contributed by atoms with Gasteiger partial charge in [0.1, 0.15) is 17.1 Å². The van der Waals surface area contributed by atoms with Crippen molar-refractivity contribution >= 4 is 0 Å². The lowest BCUT2D eigenvalue weighted by molar-refractivity contribution is -0.0111. The van der Waals surface area contributed by atoms with E-state index in [2.05, 4.69) is 13.0 Å². The largest absolute Gasteiger partial charge is 0.507 e. The van der Waals surface area contributed by atoms with E-state index in [1.807, 2.05) is 26.0 Å². The molecule has 138 valence electrons. The topological polar surface area (TPSA) is 69.9 Å². The first-order valence-electron chi connectivity index (χ1n) is 9.41. The molecule has 0 amide bonds. The van der Waals surface area contributed by atoms with Crippen LogP contribution in [0.5, 0.6) is 11.5 Å². The van der Waals surface area contributed by atoms with Gasteiger partial charge in [0.2, 0.25) is 0 Å². The van der Waals surface area contributed by atoms with Crippen molar-refractivity contribution in [3.05, 3.63) is 34.9 Å². The van der Waals surface area contributed by atoms with E-state index in [9.17, 15) is 15.3 Å². The molecule has 0 bridgehead atoms. The molecule has 1 aromatic rings. The SMILES string of the molecule is CCCCCc1cc(O)c2c(c1)OC(C)(C)[C@@H]1C[C@@H](O)C(CO)=C[C@@H]21. The maximum atomic E-state index is 10.7. The number of aromatic hydroxyl groups is 1. The summed E-state index contributed by atoms with van der Waals surface area (Å²) < 4.78 is 6.27. The van der Waals surface area contributed by atoms with E-state index in [1.54, 1.807) is 0 Å². The van der Waals surface area contributed by atoms with E-state index in [-0.39, 0.29) is 24.2 Å². The normalized spacial score (nSPS) is 27.1. The number of rotatable bonds is 5. The zero-order valence-corrected chi connectivity index (χ0v) is 15.5. The minimum atomic E-state index is -0.647. The number of aliphatic hydroxyl groups excluding tert-OH is 2. The lowest BCUT2D eigenvalue weighted by atomic mass is 9.67. The van der Waals surface area contributed by atoms with Crippen LogP contribution in [0.4, 0.5) is 0 Å². The van der Waals surface area contributed by atoms with Crippen LogP contribution in [0.3, 0.4) is 0 Å². The Morgan fingerprint density at radius 2 is 2.00 bits per heavy atom. The second-order valence-corrected chi connectivity index (χ2v) is 7.97. The van der Waals surface area contributed by atoms with Crippen molar-refractivity contribution in [1.29, 1.82) is 0 Å². The Bertz CT molecular complexity index is 662. The molecular formula is C21H30O4. The van der Waals surface area contributed by atoms with Crippen molar-refractivity contribution in [2.45, 2.75) is 70.5 Å². The van der Waals surface area contributed by atoms with Gasteiger partial charge in [-0.15, -0.1) is 0 Å². The minimum Gasteiger partial charge on any atom is -0.507 e. The van der Waals surface area contributed by atoms with Crippen molar-refractivity contribution in [1.82, 2.24) is 0 Å². The number of hydrogen-bond acceptors (Lipinski definition) is 4. The molecule has 0 radical (unpaired) electrons. The Labute approximate surface area is 150 Å². The molecule has 0 fully saturated rings. The second kappa shape index (κ2) is 7.00. The summed E-state index contributed by atoms with van der Waals surface area (Å²) in [6.45, 7) is 6.10. The molecule has 0 saturated carbocycles. The highest BCUT2D eigenvalue weighted by molar-refractivity contribution is 5.54. The van der Waals surface area contributed by atoms with E-state index < -0.39 is 11.7 Å². The third-order valence-electron chi connectivity index (χ3n) is 5.76. The van der Waals surface area contributed by atoms with Crippen molar-refractivity contribution < 1.29 is 20.1 Å². The van der Waals surface area contributed by atoms with Gasteiger partial charge >= 0.3 is 0 Å². The lowest BCUT2D eigenvalue weighted by Gasteiger charge is -2.47. The summed E-state index contributed by atoms with van der Waals surface area (Å²) in [5.41, 5.74) is 2.09. The average Bonchev–Trinajstić information content (AvgIpc) is 2.54. The number of phenolic OH excluding ortho intramolecular Hbond substituents is 1. The van der Waals surface area contributed by atoms with Crippen LogP contribution in [-0.2, 0) is 6.42 Å². The van der Waals surface area contributed by atoms with Crippen molar-refractivity contribution in [3.63, 3.8) is 0 Å². The quantitative estimate of drug-likeness (QED) is 0.562. The van der Waals surface area contributed by atoms with E-state index in [0.29, 0.717) is 12.0 Å². The molecule has 1 aromatic carbocycles. The number of aryl methyl sites for hydroxylation is 1. The van der Waals surface area contributed by atoms with E-state index in [1.165, 1.54) is 12.8 Å². The third kappa shape index (κ3) is 3.42. The molecular weight excluding hydrogens is 316 g/mol. The van der Waals surface area contributed by atoms with Crippen LogP contribution < -0.4 is 4.74 Å². The number of ether oxygens (including phenoxy) is 1. The molecule has 3 rings (SSSR count). The molecule has 4 nitrogen and oxygen atoms in total. The molecule has 1 heterocycles. The fraction of sp³-hybridized carbons (Fsp3) is 0.619. The molecule has 0 saturated heterocycles. The zero-order valence-electron chi connectivity index (χ0n) is 15.5. The average molecular weight is 346 g/mol. The maximum Gasteiger partial charge on any atom is 0.127 e. The summed E-state index contributed by atoms with van der Waals surface area (Å²) in [5, 5.41) is 30.5. The Balaban J connectivity index is 2.01. The minimum absolute atomic E-state index is 0.0472. The molecule has 0 unspecified atom stereocenters. The number of phenols is 1. The molecule has 1 aliphatic heterocycles. The monoisotopic (exact) mass is 346 g/mol. The van der Waals surface area contributed by atoms with E-state index in [0.717, 1.165) is 29.7 Å². The summed E-state index contributed by atoms with van der Waals surface area (Å²) in [6, 6.07) is 3.91. The van der Waals surface area contributed by atoms with Gasteiger partial charge in [-0.1, -0.05) is 25.8 Å². The van der Waals surface area contributed by atoms with E-state index in [4.69, 9.17) is 4.74 Å². The highest BCUT2D eigenvalue weighted by atomic mass is 16.5. The number of benzene rings is 1. The Hall–Kier alpha value is -1.52. The Morgan fingerprint density at radius 1 is 1.24 bits per heavy atom. The first-order valence-corrected chi connectivity index (χ1v) is 9.41. The van der Waals surface area contributed by atoms with E-state index >= 15 is 0 Å². The molecule has 1 aliphatic carbocycles. The highest BCUT2D eigenvalue weighted by Gasteiger charge is 2.47. The number of aliphatic hydroxyl groups is 2. The first-order chi connectivity index (χ1) is 11.9. The maximum absolute atomic E-state index is 10.7. The summed E-state index contributed by atoms with van der Waals surface area (Å²) in [7, 11) is 0. The van der Waals surface area contributed by atoms with Gasteiger partial charge in [-0.25, -0.2) is 0 Å². The Kier molecular flexibility index (Phi) is 5.12. The molecule has 2 aliphatic rings. The smallest absolute Gasteiger partial charge is 0.127 e. The van der Waals surface area contributed by atoms with Gasteiger partial charge in [0.15, 0.2) is 0 Å². The van der Waals surface area contributed by atoms with Crippen LogP contribution >= 0.6 is 0 Å². The Morgan fingerprint density at radius 3 is 2.68 bits per heavy atom. The summed E-state index contributed by atoms with van der Waals surface area (Å²) in [4.78, 5) is 0. The number of allylic oxidation sites excluding steroid dienone is 1. The van der Waals surface area contributed by atoms with Crippen LogP contribution in [0, 0.1) is 5.92 Å². The number of fused-ring (bicyclic) bond motifs is 3. The summed E-state index contributed by atoms with van der Waals surface area (Å²) >= 11 is 0.